The van der Waals surface area contributed by atoms with E-state index in [1.807, 2.05) is 60.7 Å². The molecule has 0 aromatic heterocycles. The Morgan fingerprint density at radius 1 is 0.964 bits per heavy atom. The number of hydrogen-bond acceptors (Lipinski definition) is 5. The van der Waals surface area contributed by atoms with Crippen molar-refractivity contribution >= 4 is 12.1 Å². The van der Waals surface area contributed by atoms with E-state index in [2.05, 4.69) is 10.5 Å². The van der Waals surface area contributed by atoms with Crippen molar-refractivity contribution in [2.45, 2.75) is 0 Å². The maximum atomic E-state index is 11.8. The Labute approximate surface area is 162 Å². The lowest BCUT2D eigenvalue weighted by atomic mass is 10.2. The standard InChI is InChI=1S/C22H17N3O3/c23-14-17-9-11-19(12-10-17)27-16-22(26)25-24-15-18-5-4-8-21(13-18)28-20-6-2-1-3-7-20/h1-13,15H,16H2,(H,25,26)/b24-15-. The minimum Gasteiger partial charge on any atom is -0.484 e. The first-order chi connectivity index (χ1) is 13.7. The van der Waals surface area contributed by atoms with Crippen molar-refractivity contribution < 1.29 is 14.3 Å². The molecule has 28 heavy (non-hydrogen) atoms. The van der Waals surface area contributed by atoms with Crippen molar-refractivity contribution in [3.63, 3.8) is 0 Å². The first-order valence-electron chi connectivity index (χ1n) is 8.51. The van der Waals surface area contributed by atoms with E-state index in [0.717, 1.165) is 11.3 Å². The van der Waals surface area contributed by atoms with E-state index in [1.165, 1.54) is 6.21 Å². The number of hydrogen-bond donors (Lipinski definition) is 1. The number of para-hydroxylation sites is 1. The molecule has 0 heterocycles. The molecule has 0 unspecified atom stereocenters. The third-order valence-electron chi connectivity index (χ3n) is 3.59. The monoisotopic (exact) mass is 371 g/mol. The van der Waals surface area contributed by atoms with Crippen LogP contribution in [0.25, 0.3) is 0 Å². The summed E-state index contributed by atoms with van der Waals surface area (Å²) in [6.07, 6.45) is 1.53. The molecular weight excluding hydrogens is 354 g/mol. The molecule has 3 aromatic rings. The summed E-state index contributed by atoms with van der Waals surface area (Å²) >= 11 is 0. The average Bonchev–Trinajstić information content (AvgIpc) is 2.74. The van der Waals surface area contributed by atoms with Crippen LogP contribution in [-0.4, -0.2) is 18.7 Å². The Morgan fingerprint density at radius 3 is 2.46 bits per heavy atom. The zero-order chi connectivity index (χ0) is 19.6. The highest BCUT2D eigenvalue weighted by atomic mass is 16.5. The topological polar surface area (TPSA) is 83.7 Å². The van der Waals surface area contributed by atoms with Crippen molar-refractivity contribution in [2.24, 2.45) is 5.10 Å². The van der Waals surface area contributed by atoms with Crippen molar-refractivity contribution in [2.75, 3.05) is 6.61 Å². The van der Waals surface area contributed by atoms with Gasteiger partial charge in [-0.15, -0.1) is 0 Å². The minimum atomic E-state index is -0.391. The summed E-state index contributed by atoms with van der Waals surface area (Å²) in [7, 11) is 0. The van der Waals surface area contributed by atoms with E-state index < -0.39 is 5.91 Å². The summed E-state index contributed by atoms with van der Waals surface area (Å²) < 4.78 is 11.1. The Balaban J connectivity index is 1.49. The number of amides is 1. The molecular formula is C22H17N3O3. The first-order valence-corrected chi connectivity index (χ1v) is 8.51. The predicted molar refractivity (Wildman–Crippen MR) is 105 cm³/mol. The number of nitrogens with zero attached hydrogens (tertiary/aromatic N) is 2. The smallest absolute Gasteiger partial charge is 0.277 e. The lowest BCUT2D eigenvalue weighted by Crippen LogP contribution is -2.24. The molecule has 0 aliphatic carbocycles. The van der Waals surface area contributed by atoms with E-state index in [4.69, 9.17) is 14.7 Å². The quantitative estimate of drug-likeness (QED) is 0.505. The van der Waals surface area contributed by atoms with Gasteiger partial charge in [-0.2, -0.15) is 10.4 Å². The van der Waals surface area contributed by atoms with Gasteiger partial charge in [0.2, 0.25) is 0 Å². The summed E-state index contributed by atoms with van der Waals surface area (Å²) in [6.45, 7) is -0.180. The zero-order valence-corrected chi connectivity index (χ0v) is 14.9. The van der Waals surface area contributed by atoms with E-state index in [1.54, 1.807) is 24.3 Å². The molecule has 138 valence electrons. The van der Waals surface area contributed by atoms with Crippen LogP contribution in [0.4, 0.5) is 0 Å². The van der Waals surface area contributed by atoms with Gasteiger partial charge in [0, 0.05) is 0 Å². The van der Waals surface area contributed by atoms with Crippen molar-refractivity contribution in [1.82, 2.24) is 5.43 Å². The molecule has 6 heteroatoms. The molecule has 0 saturated heterocycles. The highest BCUT2D eigenvalue weighted by molar-refractivity contribution is 5.83. The van der Waals surface area contributed by atoms with Crippen LogP contribution in [0.15, 0.2) is 84.0 Å². The van der Waals surface area contributed by atoms with E-state index in [9.17, 15) is 4.79 Å². The van der Waals surface area contributed by atoms with E-state index in [0.29, 0.717) is 17.1 Å². The van der Waals surface area contributed by atoms with Crippen molar-refractivity contribution in [1.29, 1.82) is 5.26 Å². The van der Waals surface area contributed by atoms with Crippen LogP contribution >= 0.6 is 0 Å². The third-order valence-corrected chi connectivity index (χ3v) is 3.59. The average molecular weight is 371 g/mol. The number of carbonyl (C=O) groups is 1. The second-order valence-corrected chi connectivity index (χ2v) is 5.71. The largest absolute Gasteiger partial charge is 0.484 e. The fourth-order valence-electron chi connectivity index (χ4n) is 2.27. The minimum absolute atomic E-state index is 0.180. The Hall–Kier alpha value is -4.11. The van der Waals surface area contributed by atoms with Gasteiger partial charge in [-0.1, -0.05) is 30.3 Å². The van der Waals surface area contributed by atoms with Gasteiger partial charge in [0.15, 0.2) is 6.61 Å². The summed E-state index contributed by atoms with van der Waals surface area (Å²) in [6, 6.07) is 25.3. The van der Waals surface area contributed by atoms with Crippen LogP contribution < -0.4 is 14.9 Å². The second kappa shape index (κ2) is 9.55. The maximum absolute atomic E-state index is 11.8. The lowest BCUT2D eigenvalue weighted by molar-refractivity contribution is -0.123. The number of ether oxygens (including phenoxy) is 2. The third kappa shape index (κ3) is 5.71. The Kier molecular flexibility index (Phi) is 6.37. The van der Waals surface area contributed by atoms with Crippen molar-refractivity contribution in [3.05, 3.63) is 90.0 Å². The number of nitrogens with one attached hydrogen (secondary N) is 1. The molecule has 1 N–H and O–H groups in total. The van der Waals surface area contributed by atoms with Gasteiger partial charge in [-0.3, -0.25) is 4.79 Å². The first kappa shape index (κ1) is 18.7. The van der Waals surface area contributed by atoms with Gasteiger partial charge in [-0.05, 0) is 54.1 Å². The van der Waals surface area contributed by atoms with Crippen molar-refractivity contribution in [3.8, 4) is 23.3 Å². The number of rotatable bonds is 7. The van der Waals surface area contributed by atoms with E-state index >= 15 is 0 Å². The maximum Gasteiger partial charge on any atom is 0.277 e. The molecule has 0 fully saturated rings. The summed E-state index contributed by atoms with van der Waals surface area (Å²) in [4.78, 5) is 11.8. The molecule has 0 spiro atoms. The SMILES string of the molecule is N#Cc1ccc(OCC(=O)N/N=C\c2cccc(Oc3ccccc3)c2)cc1. The lowest BCUT2D eigenvalue weighted by Gasteiger charge is -2.06. The molecule has 0 atom stereocenters. The molecule has 0 bridgehead atoms. The molecule has 3 rings (SSSR count). The fourth-order valence-corrected chi connectivity index (χ4v) is 2.27. The predicted octanol–water partition coefficient (Wildman–Crippen LogP) is 3.88. The molecule has 1 amide bonds. The fraction of sp³-hybridized carbons (Fsp3) is 0.0455. The molecule has 3 aromatic carbocycles. The van der Waals surface area contributed by atoms with Gasteiger partial charge >= 0.3 is 0 Å². The van der Waals surface area contributed by atoms with Crippen LogP contribution in [0.3, 0.4) is 0 Å². The number of benzene rings is 3. The van der Waals surface area contributed by atoms with Crippen LogP contribution in [0.2, 0.25) is 0 Å². The number of hydrazone groups is 1. The molecule has 0 aliphatic heterocycles. The van der Waals surface area contributed by atoms with Crippen LogP contribution in [0.5, 0.6) is 17.2 Å². The van der Waals surface area contributed by atoms with Crippen LogP contribution in [0, 0.1) is 11.3 Å². The van der Waals surface area contributed by atoms with Gasteiger partial charge in [-0.25, -0.2) is 5.43 Å². The molecule has 0 saturated carbocycles. The Morgan fingerprint density at radius 2 is 1.71 bits per heavy atom. The van der Waals surface area contributed by atoms with Crippen LogP contribution in [0.1, 0.15) is 11.1 Å². The summed E-state index contributed by atoms with van der Waals surface area (Å²) in [5, 5.41) is 12.7. The number of carbonyl (C=O) groups excluding carboxylic acids is 1. The van der Waals surface area contributed by atoms with Gasteiger partial charge < -0.3 is 9.47 Å². The second-order valence-electron chi connectivity index (χ2n) is 5.71. The van der Waals surface area contributed by atoms with Crippen LogP contribution in [-0.2, 0) is 4.79 Å². The van der Waals surface area contributed by atoms with Gasteiger partial charge in [0.25, 0.3) is 5.91 Å². The zero-order valence-electron chi connectivity index (χ0n) is 14.9. The van der Waals surface area contributed by atoms with E-state index in [-0.39, 0.29) is 6.61 Å². The van der Waals surface area contributed by atoms with Gasteiger partial charge in [0.1, 0.15) is 17.2 Å². The summed E-state index contributed by atoms with van der Waals surface area (Å²) in [5.74, 6) is 1.52. The molecule has 0 aliphatic rings. The highest BCUT2D eigenvalue weighted by Gasteiger charge is 2.02. The molecule has 6 nitrogen and oxygen atoms in total. The molecule has 0 radical (unpaired) electrons. The normalized spacial score (nSPS) is 10.2. The number of nitriles is 1. The Bertz CT molecular complexity index is 994. The highest BCUT2D eigenvalue weighted by Crippen LogP contribution is 2.21. The summed E-state index contributed by atoms with van der Waals surface area (Å²) in [5.41, 5.74) is 3.71. The van der Waals surface area contributed by atoms with Gasteiger partial charge in [0.05, 0.1) is 17.8 Å².